The number of nitrogens with zero attached hydrogens (tertiary/aromatic N) is 2. The first-order valence-electron chi connectivity index (χ1n) is 9.96. The molecule has 28 heavy (non-hydrogen) atoms. The molecule has 1 aliphatic carbocycles. The lowest BCUT2D eigenvalue weighted by atomic mass is 9.91. The standard InChI is InChI=1S/C20H28Cl2N2O3S/c1-23(17-5-3-2-4-6-17)20(25)16-9-11-24(12-10-16)28(26,27)14-15-7-8-18(21)19(22)13-15/h7-8,13,16-17H,2-6,9-12,14H2,1H3. The molecule has 1 aromatic rings. The highest BCUT2D eigenvalue weighted by Crippen LogP contribution is 2.28. The number of carbonyl (C=O) groups excluding carboxylic acids is 1. The fourth-order valence-corrected chi connectivity index (χ4v) is 6.12. The smallest absolute Gasteiger partial charge is 0.225 e. The summed E-state index contributed by atoms with van der Waals surface area (Å²) in [4.78, 5) is 14.8. The van der Waals surface area contributed by atoms with Crippen molar-refractivity contribution in [3.05, 3.63) is 33.8 Å². The average Bonchev–Trinajstić information content (AvgIpc) is 2.70. The molecule has 0 N–H and O–H groups in total. The van der Waals surface area contributed by atoms with E-state index in [1.54, 1.807) is 18.2 Å². The molecule has 0 spiro atoms. The lowest BCUT2D eigenvalue weighted by Crippen LogP contribution is -2.46. The zero-order valence-corrected chi connectivity index (χ0v) is 18.6. The van der Waals surface area contributed by atoms with Crippen molar-refractivity contribution >= 4 is 39.1 Å². The first-order chi connectivity index (χ1) is 13.3. The molecular formula is C20H28Cl2N2O3S. The van der Waals surface area contributed by atoms with Crippen LogP contribution in [0.4, 0.5) is 0 Å². The van der Waals surface area contributed by atoms with Crippen LogP contribution in [0, 0.1) is 5.92 Å². The maximum Gasteiger partial charge on any atom is 0.225 e. The van der Waals surface area contributed by atoms with E-state index in [1.807, 2.05) is 11.9 Å². The van der Waals surface area contributed by atoms with Crippen LogP contribution in [0.2, 0.25) is 10.0 Å². The SMILES string of the molecule is CN(C(=O)C1CCN(S(=O)(=O)Cc2ccc(Cl)c(Cl)c2)CC1)C1CCCCC1. The fourth-order valence-electron chi connectivity index (χ4n) is 4.25. The van der Waals surface area contributed by atoms with Crippen LogP contribution in [0.3, 0.4) is 0 Å². The van der Waals surface area contributed by atoms with E-state index >= 15 is 0 Å². The lowest BCUT2D eigenvalue weighted by molar-refractivity contribution is -0.138. The second-order valence-corrected chi connectivity index (χ2v) is 10.7. The van der Waals surface area contributed by atoms with Crippen molar-refractivity contribution < 1.29 is 13.2 Å². The van der Waals surface area contributed by atoms with Crippen LogP contribution in [-0.4, -0.2) is 49.7 Å². The summed E-state index contributed by atoms with van der Waals surface area (Å²) in [5.41, 5.74) is 0.615. The molecule has 1 aromatic carbocycles. The van der Waals surface area contributed by atoms with Gasteiger partial charge in [-0.2, -0.15) is 0 Å². The molecule has 0 unspecified atom stereocenters. The Labute approximate surface area is 178 Å². The average molecular weight is 447 g/mol. The Morgan fingerprint density at radius 1 is 1.07 bits per heavy atom. The van der Waals surface area contributed by atoms with Gasteiger partial charge in [0.05, 0.1) is 15.8 Å². The third kappa shape index (κ3) is 5.21. The van der Waals surface area contributed by atoms with Gasteiger partial charge in [-0.1, -0.05) is 48.5 Å². The van der Waals surface area contributed by atoms with Gasteiger partial charge in [-0.05, 0) is 43.4 Å². The third-order valence-electron chi connectivity index (χ3n) is 6.00. The van der Waals surface area contributed by atoms with Crippen molar-refractivity contribution in [2.24, 2.45) is 5.92 Å². The molecule has 1 heterocycles. The van der Waals surface area contributed by atoms with Gasteiger partial charge in [0.2, 0.25) is 15.9 Å². The highest BCUT2D eigenvalue weighted by atomic mass is 35.5. The summed E-state index contributed by atoms with van der Waals surface area (Å²) < 4.78 is 27.0. The van der Waals surface area contributed by atoms with Crippen molar-refractivity contribution in [2.75, 3.05) is 20.1 Å². The van der Waals surface area contributed by atoms with Gasteiger partial charge in [-0.15, -0.1) is 0 Å². The lowest BCUT2D eigenvalue weighted by Gasteiger charge is -2.36. The van der Waals surface area contributed by atoms with E-state index in [0.29, 0.717) is 47.6 Å². The quantitative estimate of drug-likeness (QED) is 0.675. The number of hydrogen-bond acceptors (Lipinski definition) is 3. The molecule has 0 radical (unpaired) electrons. The Kier molecular flexibility index (Phi) is 7.29. The summed E-state index contributed by atoms with van der Waals surface area (Å²) in [6.45, 7) is 0.775. The van der Waals surface area contributed by atoms with E-state index < -0.39 is 10.0 Å². The minimum atomic E-state index is -3.45. The molecule has 3 rings (SSSR count). The van der Waals surface area contributed by atoms with Gasteiger partial charge in [0.25, 0.3) is 0 Å². The van der Waals surface area contributed by atoms with Crippen molar-refractivity contribution in [3.8, 4) is 0 Å². The Hall–Kier alpha value is -0.820. The minimum absolute atomic E-state index is 0.0802. The largest absolute Gasteiger partial charge is 0.343 e. The Balaban J connectivity index is 1.56. The van der Waals surface area contributed by atoms with Crippen molar-refractivity contribution in [1.29, 1.82) is 0 Å². The van der Waals surface area contributed by atoms with Crippen molar-refractivity contribution in [3.63, 3.8) is 0 Å². The van der Waals surface area contributed by atoms with E-state index in [0.717, 1.165) is 12.8 Å². The number of sulfonamides is 1. The number of rotatable bonds is 5. The maximum atomic E-state index is 12.8. The summed E-state index contributed by atoms with van der Waals surface area (Å²) in [5, 5.41) is 0.758. The van der Waals surface area contributed by atoms with Crippen molar-refractivity contribution in [1.82, 2.24) is 9.21 Å². The van der Waals surface area contributed by atoms with Gasteiger partial charge in [0.1, 0.15) is 0 Å². The Morgan fingerprint density at radius 3 is 2.32 bits per heavy atom. The second-order valence-electron chi connectivity index (χ2n) is 7.92. The summed E-state index contributed by atoms with van der Waals surface area (Å²) >= 11 is 11.9. The number of piperidine rings is 1. The van der Waals surface area contributed by atoms with Gasteiger partial charge in [0, 0.05) is 32.1 Å². The highest BCUT2D eigenvalue weighted by molar-refractivity contribution is 7.88. The van der Waals surface area contributed by atoms with Crippen molar-refractivity contribution in [2.45, 2.75) is 56.7 Å². The molecule has 2 aliphatic rings. The van der Waals surface area contributed by atoms with Crippen LogP contribution in [0.5, 0.6) is 0 Å². The molecule has 5 nitrogen and oxygen atoms in total. The molecule has 0 bridgehead atoms. The number of halogens is 2. The molecule has 0 atom stereocenters. The van der Waals surface area contributed by atoms with Gasteiger partial charge in [0.15, 0.2) is 0 Å². The van der Waals surface area contributed by atoms with Crippen LogP contribution in [0.15, 0.2) is 18.2 Å². The molecule has 2 fully saturated rings. The molecule has 0 aromatic heterocycles. The second kappa shape index (κ2) is 9.33. The van der Waals surface area contributed by atoms with Gasteiger partial charge < -0.3 is 4.90 Å². The fraction of sp³-hybridized carbons (Fsp3) is 0.650. The third-order valence-corrected chi connectivity index (χ3v) is 8.59. The first-order valence-corrected chi connectivity index (χ1v) is 12.3. The number of benzene rings is 1. The molecule has 1 amide bonds. The normalized spacial score (nSPS) is 20.2. The predicted octanol–water partition coefficient (Wildman–Crippen LogP) is 4.33. The zero-order valence-electron chi connectivity index (χ0n) is 16.2. The number of hydrogen-bond donors (Lipinski definition) is 0. The topological polar surface area (TPSA) is 57.7 Å². The Morgan fingerprint density at radius 2 is 1.71 bits per heavy atom. The molecular weight excluding hydrogens is 419 g/mol. The molecule has 1 saturated heterocycles. The van der Waals surface area contributed by atoms with E-state index in [9.17, 15) is 13.2 Å². The van der Waals surface area contributed by atoms with E-state index in [4.69, 9.17) is 23.2 Å². The van der Waals surface area contributed by atoms with Crippen LogP contribution >= 0.6 is 23.2 Å². The van der Waals surface area contributed by atoms with E-state index in [1.165, 1.54) is 23.6 Å². The Bertz CT molecular complexity index is 802. The summed E-state index contributed by atoms with van der Waals surface area (Å²) in [6.07, 6.45) is 6.96. The summed E-state index contributed by atoms with van der Waals surface area (Å²) in [5.74, 6) is -0.0124. The zero-order chi connectivity index (χ0) is 20.3. The molecule has 156 valence electrons. The molecule has 1 saturated carbocycles. The van der Waals surface area contributed by atoms with Crippen LogP contribution in [0.1, 0.15) is 50.5 Å². The minimum Gasteiger partial charge on any atom is -0.343 e. The number of carbonyl (C=O) groups is 1. The van der Waals surface area contributed by atoms with E-state index in [2.05, 4.69) is 0 Å². The summed E-state index contributed by atoms with van der Waals surface area (Å²) in [6, 6.07) is 5.23. The number of amides is 1. The van der Waals surface area contributed by atoms with Crippen LogP contribution < -0.4 is 0 Å². The van der Waals surface area contributed by atoms with Crippen LogP contribution in [0.25, 0.3) is 0 Å². The first kappa shape index (κ1) is 21.9. The van der Waals surface area contributed by atoms with Gasteiger partial charge in [-0.25, -0.2) is 12.7 Å². The molecule has 8 heteroatoms. The monoisotopic (exact) mass is 446 g/mol. The maximum absolute atomic E-state index is 12.8. The predicted molar refractivity (Wildman–Crippen MR) is 113 cm³/mol. The highest BCUT2D eigenvalue weighted by Gasteiger charge is 2.34. The van der Waals surface area contributed by atoms with Gasteiger partial charge in [-0.3, -0.25) is 4.79 Å². The summed E-state index contributed by atoms with van der Waals surface area (Å²) in [7, 11) is -1.54. The van der Waals surface area contributed by atoms with E-state index in [-0.39, 0.29) is 17.6 Å². The molecule has 1 aliphatic heterocycles. The van der Waals surface area contributed by atoms with Gasteiger partial charge >= 0.3 is 0 Å². The van der Waals surface area contributed by atoms with Crippen LogP contribution in [-0.2, 0) is 20.6 Å².